The van der Waals surface area contributed by atoms with Crippen molar-refractivity contribution in [3.05, 3.63) is 24.0 Å². The number of primary amides is 1. The molecule has 92 valence electrons. The third-order valence-corrected chi connectivity index (χ3v) is 2.19. The van der Waals surface area contributed by atoms with Crippen molar-refractivity contribution in [2.45, 2.75) is 13.3 Å². The molecule has 1 aromatic heterocycles. The van der Waals surface area contributed by atoms with Crippen molar-refractivity contribution >= 4 is 17.6 Å². The molecule has 1 atom stereocenters. The van der Waals surface area contributed by atoms with E-state index in [1.165, 1.54) is 12.3 Å². The normalized spacial score (nSPS) is 11.8. The first-order chi connectivity index (χ1) is 7.99. The van der Waals surface area contributed by atoms with Gasteiger partial charge in [0.25, 0.3) is 5.91 Å². The van der Waals surface area contributed by atoms with Gasteiger partial charge in [-0.3, -0.25) is 14.6 Å². The van der Waals surface area contributed by atoms with Crippen LogP contribution < -0.4 is 11.1 Å². The quantitative estimate of drug-likeness (QED) is 0.675. The Balaban J connectivity index is 2.54. The van der Waals surface area contributed by atoms with E-state index in [9.17, 15) is 9.59 Å². The summed E-state index contributed by atoms with van der Waals surface area (Å²) in [6.07, 6.45) is 1.57. The molecule has 0 aliphatic carbocycles. The smallest absolute Gasteiger partial charge is 0.303 e. The van der Waals surface area contributed by atoms with Gasteiger partial charge in [0.05, 0.1) is 0 Å². The summed E-state index contributed by atoms with van der Waals surface area (Å²) in [6.45, 7) is 2.34. The predicted octanol–water partition coefficient (Wildman–Crippen LogP) is 0.703. The van der Waals surface area contributed by atoms with E-state index in [-0.39, 0.29) is 18.0 Å². The van der Waals surface area contributed by atoms with Crippen LogP contribution in [0.2, 0.25) is 0 Å². The van der Waals surface area contributed by atoms with E-state index in [0.29, 0.717) is 12.2 Å². The summed E-state index contributed by atoms with van der Waals surface area (Å²) in [5.74, 6) is -1.42. The van der Waals surface area contributed by atoms with Gasteiger partial charge in [-0.25, -0.2) is 0 Å². The molecule has 1 heterocycles. The van der Waals surface area contributed by atoms with Gasteiger partial charge in [-0.2, -0.15) is 0 Å². The molecule has 6 heteroatoms. The molecule has 0 bridgehead atoms. The second-order valence-electron chi connectivity index (χ2n) is 3.88. The first-order valence-electron chi connectivity index (χ1n) is 5.20. The van der Waals surface area contributed by atoms with Crippen molar-refractivity contribution in [1.82, 2.24) is 4.98 Å². The fourth-order valence-corrected chi connectivity index (χ4v) is 1.34. The first-order valence-corrected chi connectivity index (χ1v) is 5.20. The monoisotopic (exact) mass is 237 g/mol. The Kier molecular flexibility index (Phi) is 4.45. The van der Waals surface area contributed by atoms with Crippen LogP contribution >= 0.6 is 0 Å². The summed E-state index contributed by atoms with van der Waals surface area (Å²) >= 11 is 0. The molecule has 0 radical (unpaired) electrons. The predicted molar refractivity (Wildman–Crippen MR) is 62.7 cm³/mol. The molecule has 0 aromatic carbocycles. The molecular formula is C11H15N3O3. The third kappa shape index (κ3) is 4.50. The van der Waals surface area contributed by atoms with E-state index in [0.717, 1.165) is 0 Å². The maximum atomic E-state index is 10.9. The zero-order chi connectivity index (χ0) is 12.8. The number of nitrogens with one attached hydrogen (secondary N) is 1. The summed E-state index contributed by atoms with van der Waals surface area (Å²) < 4.78 is 0. The molecule has 0 saturated heterocycles. The number of nitrogens with two attached hydrogens (primary N) is 1. The Morgan fingerprint density at radius 3 is 2.88 bits per heavy atom. The molecule has 0 spiro atoms. The molecule has 4 N–H and O–H groups in total. The Morgan fingerprint density at radius 2 is 2.29 bits per heavy atom. The summed E-state index contributed by atoms with van der Waals surface area (Å²) in [7, 11) is 0. The Labute approximate surface area is 98.8 Å². The molecule has 0 fully saturated rings. The highest BCUT2D eigenvalue weighted by molar-refractivity contribution is 5.91. The number of carbonyl (C=O) groups excluding carboxylic acids is 1. The highest BCUT2D eigenvalue weighted by atomic mass is 16.4. The van der Waals surface area contributed by atoms with Crippen LogP contribution in [0.4, 0.5) is 5.69 Å². The number of carbonyl (C=O) groups is 2. The van der Waals surface area contributed by atoms with E-state index in [4.69, 9.17) is 10.8 Å². The number of hydrogen-bond donors (Lipinski definition) is 3. The van der Waals surface area contributed by atoms with Crippen molar-refractivity contribution in [2.24, 2.45) is 11.7 Å². The van der Waals surface area contributed by atoms with Crippen molar-refractivity contribution in [3.63, 3.8) is 0 Å². The average molecular weight is 237 g/mol. The highest BCUT2D eigenvalue weighted by Crippen LogP contribution is 2.10. The van der Waals surface area contributed by atoms with Crippen LogP contribution in [0.15, 0.2) is 18.3 Å². The molecule has 17 heavy (non-hydrogen) atoms. The number of anilines is 1. The topological polar surface area (TPSA) is 105 Å². The van der Waals surface area contributed by atoms with Crippen LogP contribution in [-0.4, -0.2) is 28.5 Å². The Bertz CT molecular complexity index is 420. The van der Waals surface area contributed by atoms with Crippen LogP contribution in [0.3, 0.4) is 0 Å². The number of hydrogen-bond acceptors (Lipinski definition) is 4. The number of carboxylic acids is 1. The third-order valence-electron chi connectivity index (χ3n) is 2.19. The number of rotatable bonds is 6. The fraction of sp³-hybridized carbons (Fsp3) is 0.364. The minimum absolute atomic E-state index is 0.00214. The van der Waals surface area contributed by atoms with Crippen molar-refractivity contribution in [1.29, 1.82) is 0 Å². The maximum Gasteiger partial charge on any atom is 0.303 e. The minimum atomic E-state index is -0.827. The van der Waals surface area contributed by atoms with E-state index in [2.05, 4.69) is 10.3 Å². The van der Waals surface area contributed by atoms with Crippen LogP contribution in [0, 0.1) is 5.92 Å². The number of aromatic nitrogens is 1. The minimum Gasteiger partial charge on any atom is -0.481 e. The summed E-state index contributed by atoms with van der Waals surface area (Å²) in [5, 5.41) is 11.6. The number of nitrogens with zero attached hydrogens (tertiary/aromatic N) is 1. The van der Waals surface area contributed by atoms with E-state index >= 15 is 0 Å². The Morgan fingerprint density at radius 1 is 1.59 bits per heavy atom. The number of amides is 1. The standard InChI is InChI=1S/C11H15N3O3/c1-7(4-10(15)16)6-14-8-2-3-13-9(5-8)11(12)17/h2-3,5,7H,4,6H2,1H3,(H2,12,17)(H,13,14)(H,15,16). The van der Waals surface area contributed by atoms with Gasteiger partial charge < -0.3 is 16.2 Å². The molecule has 6 nitrogen and oxygen atoms in total. The Hall–Kier alpha value is -2.11. The lowest BCUT2D eigenvalue weighted by atomic mass is 10.1. The molecule has 1 unspecified atom stereocenters. The largest absolute Gasteiger partial charge is 0.481 e. The lowest BCUT2D eigenvalue weighted by Gasteiger charge is -2.11. The zero-order valence-electron chi connectivity index (χ0n) is 9.51. The molecule has 1 rings (SSSR count). The second-order valence-corrected chi connectivity index (χ2v) is 3.88. The molecule has 0 aliphatic heterocycles. The first kappa shape index (κ1) is 13.0. The van der Waals surface area contributed by atoms with Gasteiger partial charge in [0.1, 0.15) is 5.69 Å². The van der Waals surface area contributed by atoms with Crippen molar-refractivity contribution in [3.8, 4) is 0 Å². The number of pyridine rings is 1. The highest BCUT2D eigenvalue weighted by Gasteiger charge is 2.08. The second kappa shape index (κ2) is 5.83. The fourth-order valence-electron chi connectivity index (χ4n) is 1.34. The SMILES string of the molecule is CC(CNc1ccnc(C(N)=O)c1)CC(=O)O. The van der Waals surface area contributed by atoms with Crippen LogP contribution in [0.5, 0.6) is 0 Å². The maximum absolute atomic E-state index is 10.9. The lowest BCUT2D eigenvalue weighted by Crippen LogP contribution is -2.16. The van der Waals surface area contributed by atoms with Gasteiger partial charge in [0.15, 0.2) is 0 Å². The van der Waals surface area contributed by atoms with Crippen LogP contribution in [-0.2, 0) is 4.79 Å². The molecule has 0 aliphatic rings. The molecule has 1 amide bonds. The van der Waals surface area contributed by atoms with Gasteiger partial charge >= 0.3 is 5.97 Å². The lowest BCUT2D eigenvalue weighted by molar-refractivity contribution is -0.137. The summed E-state index contributed by atoms with van der Waals surface area (Å²) in [6, 6.07) is 3.23. The number of aliphatic carboxylic acids is 1. The average Bonchev–Trinajstić information content (AvgIpc) is 2.26. The van der Waals surface area contributed by atoms with Crippen molar-refractivity contribution in [2.75, 3.05) is 11.9 Å². The van der Waals surface area contributed by atoms with Gasteiger partial charge in [-0.1, -0.05) is 6.92 Å². The van der Waals surface area contributed by atoms with E-state index in [1.54, 1.807) is 6.07 Å². The summed E-state index contributed by atoms with van der Waals surface area (Å²) in [5.41, 5.74) is 5.98. The number of carboxylic acid groups (broad SMARTS) is 1. The van der Waals surface area contributed by atoms with Crippen molar-refractivity contribution < 1.29 is 14.7 Å². The van der Waals surface area contributed by atoms with Gasteiger partial charge in [0.2, 0.25) is 0 Å². The summed E-state index contributed by atoms with van der Waals surface area (Å²) in [4.78, 5) is 25.2. The zero-order valence-corrected chi connectivity index (χ0v) is 9.51. The van der Waals surface area contributed by atoms with Gasteiger partial charge in [0, 0.05) is 24.8 Å². The van der Waals surface area contributed by atoms with E-state index < -0.39 is 11.9 Å². The van der Waals surface area contributed by atoms with Gasteiger partial charge in [-0.05, 0) is 18.1 Å². The molecule has 1 aromatic rings. The van der Waals surface area contributed by atoms with Gasteiger partial charge in [-0.15, -0.1) is 0 Å². The molecular weight excluding hydrogens is 222 g/mol. The van der Waals surface area contributed by atoms with Crippen LogP contribution in [0.1, 0.15) is 23.8 Å². The van der Waals surface area contributed by atoms with E-state index in [1.807, 2.05) is 6.92 Å². The van der Waals surface area contributed by atoms with Crippen LogP contribution in [0.25, 0.3) is 0 Å². The molecule has 0 saturated carbocycles.